The first-order chi connectivity index (χ1) is 10.7. The molecule has 0 amide bonds. The molecule has 0 saturated heterocycles. The number of oxime groups is 1. The van der Waals surface area contributed by atoms with Gasteiger partial charge in [-0.2, -0.15) is 0 Å². The van der Waals surface area contributed by atoms with Crippen LogP contribution in [0.3, 0.4) is 0 Å². The van der Waals surface area contributed by atoms with E-state index in [0.717, 1.165) is 17.0 Å². The van der Waals surface area contributed by atoms with E-state index in [9.17, 15) is 4.79 Å². The summed E-state index contributed by atoms with van der Waals surface area (Å²) in [7, 11) is 1.62. The summed E-state index contributed by atoms with van der Waals surface area (Å²) >= 11 is 0. The predicted octanol–water partition coefficient (Wildman–Crippen LogP) is 3.44. The van der Waals surface area contributed by atoms with Gasteiger partial charge in [-0.3, -0.25) is 4.79 Å². The molecular formula is C18H17NO3. The Morgan fingerprint density at radius 2 is 1.77 bits per heavy atom. The van der Waals surface area contributed by atoms with Crippen LogP contribution in [0.25, 0.3) is 0 Å². The molecule has 1 aliphatic rings. The van der Waals surface area contributed by atoms with E-state index >= 15 is 0 Å². The SMILES string of the molecule is COc1ccccc1C1C(C)=NO[C@H]1C(=O)c1ccccc1. The first-order valence-corrected chi connectivity index (χ1v) is 7.15. The first kappa shape index (κ1) is 14.3. The van der Waals surface area contributed by atoms with Gasteiger partial charge in [-0.25, -0.2) is 0 Å². The summed E-state index contributed by atoms with van der Waals surface area (Å²) < 4.78 is 5.42. The number of hydrogen-bond acceptors (Lipinski definition) is 4. The maximum Gasteiger partial charge on any atom is 0.207 e. The van der Waals surface area contributed by atoms with E-state index in [1.165, 1.54) is 0 Å². The summed E-state index contributed by atoms with van der Waals surface area (Å²) in [6.07, 6.45) is -0.654. The van der Waals surface area contributed by atoms with Crippen molar-refractivity contribution in [1.29, 1.82) is 0 Å². The highest BCUT2D eigenvalue weighted by atomic mass is 16.6. The number of ether oxygens (including phenoxy) is 1. The zero-order valence-corrected chi connectivity index (χ0v) is 12.5. The Kier molecular flexibility index (Phi) is 3.92. The van der Waals surface area contributed by atoms with Crippen molar-refractivity contribution >= 4 is 11.5 Å². The molecule has 3 rings (SSSR count). The van der Waals surface area contributed by atoms with Gasteiger partial charge >= 0.3 is 0 Å². The van der Waals surface area contributed by atoms with E-state index in [4.69, 9.17) is 9.57 Å². The van der Waals surface area contributed by atoms with Crippen molar-refractivity contribution in [3.05, 3.63) is 65.7 Å². The third-order valence-corrected chi connectivity index (χ3v) is 3.85. The van der Waals surface area contributed by atoms with Gasteiger partial charge in [0.15, 0.2) is 0 Å². The molecule has 0 radical (unpaired) electrons. The number of Topliss-reactive ketones (excluding diaryl/α,β-unsaturated/α-hetero) is 1. The molecule has 0 saturated carbocycles. The third-order valence-electron chi connectivity index (χ3n) is 3.85. The average Bonchev–Trinajstić information content (AvgIpc) is 2.96. The van der Waals surface area contributed by atoms with Gasteiger partial charge in [0.1, 0.15) is 5.75 Å². The summed E-state index contributed by atoms with van der Waals surface area (Å²) in [6, 6.07) is 16.8. The number of methoxy groups -OCH3 is 1. The van der Waals surface area contributed by atoms with Gasteiger partial charge < -0.3 is 9.57 Å². The van der Waals surface area contributed by atoms with Gasteiger partial charge in [0.05, 0.1) is 18.7 Å². The topological polar surface area (TPSA) is 47.9 Å². The number of nitrogens with zero attached hydrogens (tertiary/aromatic N) is 1. The van der Waals surface area contributed by atoms with Crippen molar-refractivity contribution in [2.24, 2.45) is 5.16 Å². The standard InChI is InChI=1S/C18H17NO3/c1-12-16(14-10-6-7-11-15(14)21-2)18(22-19-12)17(20)13-8-4-3-5-9-13/h3-11,16,18H,1-2H3/t16?,18-/m1/s1. The van der Waals surface area contributed by atoms with Crippen LogP contribution in [0.4, 0.5) is 0 Å². The molecule has 0 N–H and O–H groups in total. The molecule has 1 aliphatic heterocycles. The predicted molar refractivity (Wildman–Crippen MR) is 84.5 cm³/mol. The number of para-hydroxylation sites is 1. The monoisotopic (exact) mass is 295 g/mol. The van der Waals surface area contributed by atoms with Gasteiger partial charge in [0.2, 0.25) is 11.9 Å². The van der Waals surface area contributed by atoms with Crippen molar-refractivity contribution in [2.75, 3.05) is 7.11 Å². The lowest BCUT2D eigenvalue weighted by Gasteiger charge is -2.19. The Balaban J connectivity index is 1.98. The van der Waals surface area contributed by atoms with Crippen molar-refractivity contribution < 1.29 is 14.4 Å². The van der Waals surface area contributed by atoms with Crippen LogP contribution in [0.5, 0.6) is 5.75 Å². The fourth-order valence-corrected chi connectivity index (χ4v) is 2.75. The molecule has 1 heterocycles. The lowest BCUT2D eigenvalue weighted by atomic mass is 9.86. The molecule has 0 bridgehead atoms. The van der Waals surface area contributed by atoms with E-state index in [2.05, 4.69) is 5.16 Å². The molecule has 0 aliphatic carbocycles. The third kappa shape index (κ3) is 2.48. The van der Waals surface area contributed by atoms with Crippen molar-refractivity contribution in [3.63, 3.8) is 0 Å². The maximum atomic E-state index is 12.7. The van der Waals surface area contributed by atoms with Gasteiger partial charge in [0.25, 0.3) is 0 Å². The minimum atomic E-state index is -0.654. The van der Waals surface area contributed by atoms with Crippen LogP contribution in [0.2, 0.25) is 0 Å². The molecule has 2 aromatic carbocycles. The second kappa shape index (κ2) is 6.02. The second-order valence-electron chi connectivity index (χ2n) is 5.21. The average molecular weight is 295 g/mol. The quantitative estimate of drug-likeness (QED) is 0.812. The Labute approximate surface area is 129 Å². The van der Waals surface area contributed by atoms with Gasteiger partial charge in [0, 0.05) is 11.1 Å². The fourth-order valence-electron chi connectivity index (χ4n) is 2.75. The Bertz CT molecular complexity index is 709. The highest BCUT2D eigenvalue weighted by Crippen LogP contribution is 2.36. The van der Waals surface area contributed by atoms with Crippen molar-refractivity contribution in [2.45, 2.75) is 18.9 Å². The maximum absolute atomic E-state index is 12.7. The van der Waals surface area contributed by atoms with E-state index in [1.54, 1.807) is 19.2 Å². The molecule has 2 aromatic rings. The summed E-state index contributed by atoms with van der Waals surface area (Å²) in [5, 5.41) is 4.04. The lowest BCUT2D eigenvalue weighted by molar-refractivity contribution is 0.0515. The Morgan fingerprint density at radius 1 is 1.09 bits per heavy atom. The fraction of sp³-hybridized carbons (Fsp3) is 0.222. The van der Waals surface area contributed by atoms with Crippen LogP contribution in [-0.4, -0.2) is 24.7 Å². The minimum absolute atomic E-state index is 0.0721. The van der Waals surface area contributed by atoms with E-state index in [-0.39, 0.29) is 11.7 Å². The summed E-state index contributed by atoms with van der Waals surface area (Å²) in [6.45, 7) is 1.87. The molecule has 1 unspecified atom stereocenters. The molecule has 112 valence electrons. The number of carbonyl (C=O) groups is 1. The van der Waals surface area contributed by atoms with Gasteiger partial charge in [-0.1, -0.05) is 53.7 Å². The van der Waals surface area contributed by atoms with Crippen molar-refractivity contribution in [3.8, 4) is 5.75 Å². The molecule has 0 spiro atoms. The smallest absolute Gasteiger partial charge is 0.207 e. The zero-order chi connectivity index (χ0) is 15.5. The Morgan fingerprint density at radius 3 is 2.50 bits per heavy atom. The van der Waals surface area contributed by atoms with E-state index < -0.39 is 6.10 Å². The highest BCUT2D eigenvalue weighted by molar-refractivity contribution is 6.05. The number of ketones is 1. The van der Waals surface area contributed by atoms with E-state index in [1.807, 2.05) is 49.4 Å². The zero-order valence-electron chi connectivity index (χ0n) is 12.5. The lowest BCUT2D eigenvalue weighted by Crippen LogP contribution is -2.29. The van der Waals surface area contributed by atoms with Crippen LogP contribution in [-0.2, 0) is 4.84 Å². The van der Waals surface area contributed by atoms with Crippen LogP contribution >= 0.6 is 0 Å². The molecule has 0 aromatic heterocycles. The molecule has 2 atom stereocenters. The van der Waals surface area contributed by atoms with Crippen LogP contribution < -0.4 is 4.74 Å². The molecule has 4 heteroatoms. The molecule has 22 heavy (non-hydrogen) atoms. The van der Waals surface area contributed by atoms with Crippen LogP contribution in [0, 0.1) is 0 Å². The van der Waals surface area contributed by atoms with Gasteiger partial charge in [-0.15, -0.1) is 0 Å². The molecular weight excluding hydrogens is 278 g/mol. The molecule has 0 fully saturated rings. The molecule has 4 nitrogen and oxygen atoms in total. The highest BCUT2D eigenvalue weighted by Gasteiger charge is 2.40. The number of hydrogen-bond donors (Lipinski definition) is 0. The van der Waals surface area contributed by atoms with E-state index in [0.29, 0.717) is 5.56 Å². The summed E-state index contributed by atoms with van der Waals surface area (Å²) in [4.78, 5) is 18.2. The minimum Gasteiger partial charge on any atom is -0.496 e. The largest absolute Gasteiger partial charge is 0.496 e. The Hall–Kier alpha value is -2.62. The summed E-state index contributed by atoms with van der Waals surface area (Å²) in [5.74, 6) is 0.430. The van der Waals surface area contributed by atoms with Crippen LogP contribution in [0.15, 0.2) is 59.8 Å². The van der Waals surface area contributed by atoms with Crippen LogP contribution in [0.1, 0.15) is 28.8 Å². The second-order valence-corrected chi connectivity index (χ2v) is 5.21. The summed E-state index contributed by atoms with van der Waals surface area (Å²) in [5.41, 5.74) is 2.31. The number of rotatable bonds is 4. The number of benzene rings is 2. The number of carbonyl (C=O) groups excluding carboxylic acids is 1. The van der Waals surface area contributed by atoms with Crippen molar-refractivity contribution in [1.82, 2.24) is 0 Å². The first-order valence-electron chi connectivity index (χ1n) is 7.15. The normalized spacial score (nSPS) is 20.2. The van der Waals surface area contributed by atoms with Gasteiger partial charge in [-0.05, 0) is 13.0 Å².